The fraction of sp³-hybridized carbons (Fsp3) is 0.241. The SMILES string of the molecule is CCOc1ccc(N(C)S(=O)(=O)c2ccc(C)c(C(=O)OCC(=O)c3c[nH]c4c(CC)cccc34)c2)cc1. The van der Waals surface area contributed by atoms with Crippen LogP contribution in [0.15, 0.2) is 71.8 Å². The standard InChI is InChI=1S/C29H30N2O6S/c1-5-20-8-7-9-24-26(17-30-28(20)24)27(32)18-37-29(33)25-16-23(15-10-19(25)3)38(34,35)31(4)21-11-13-22(14-12-21)36-6-2/h7-17,30H,5-6,18H2,1-4H3. The first-order valence-electron chi connectivity index (χ1n) is 12.3. The highest BCUT2D eigenvalue weighted by Gasteiger charge is 2.24. The van der Waals surface area contributed by atoms with Crippen LogP contribution >= 0.6 is 0 Å². The Morgan fingerprint density at radius 1 is 0.974 bits per heavy atom. The quantitative estimate of drug-likeness (QED) is 0.219. The molecule has 9 heteroatoms. The number of carbonyl (C=O) groups is 2. The predicted molar refractivity (Wildman–Crippen MR) is 147 cm³/mol. The predicted octanol–water partition coefficient (Wildman–Crippen LogP) is 5.30. The van der Waals surface area contributed by atoms with Crippen molar-refractivity contribution in [2.75, 3.05) is 24.6 Å². The van der Waals surface area contributed by atoms with Gasteiger partial charge in [0.15, 0.2) is 6.61 Å². The average molecular weight is 535 g/mol. The van der Waals surface area contributed by atoms with Crippen LogP contribution in [-0.4, -0.2) is 45.4 Å². The number of para-hydroxylation sites is 1. The molecule has 198 valence electrons. The Bertz CT molecular complexity index is 1590. The minimum absolute atomic E-state index is 0.0681. The lowest BCUT2D eigenvalue weighted by atomic mass is 10.1. The molecule has 3 aromatic carbocycles. The molecule has 1 N–H and O–H groups in total. The third-order valence-corrected chi connectivity index (χ3v) is 8.20. The van der Waals surface area contributed by atoms with Crippen LogP contribution < -0.4 is 9.04 Å². The summed E-state index contributed by atoms with van der Waals surface area (Å²) in [5.41, 5.74) is 3.45. The Balaban J connectivity index is 1.51. The van der Waals surface area contributed by atoms with Crippen LogP contribution in [0.4, 0.5) is 5.69 Å². The second-order valence-corrected chi connectivity index (χ2v) is 10.7. The Morgan fingerprint density at radius 2 is 1.71 bits per heavy atom. The fourth-order valence-electron chi connectivity index (χ4n) is 4.23. The number of aromatic amines is 1. The van der Waals surface area contributed by atoms with E-state index >= 15 is 0 Å². The van der Waals surface area contributed by atoms with Gasteiger partial charge < -0.3 is 14.5 Å². The highest BCUT2D eigenvalue weighted by Crippen LogP contribution is 2.26. The van der Waals surface area contributed by atoms with E-state index in [9.17, 15) is 18.0 Å². The lowest BCUT2D eigenvalue weighted by molar-refractivity contribution is 0.0474. The van der Waals surface area contributed by atoms with E-state index in [1.165, 1.54) is 19.2 Å². The van der Waals surface area contributed by atoms with Crippen LogP contribution in [0.3, 0.4) is 0 Å². The molecule has 1 aromatic heterocycles. The molecule has 1 heterocycles. The fourth-order valence-corrected chi connectivity index (χ4v) is 5.45. The van der Waals surface area contributed by atoms with Crippen molar-refractivity contribution in [2.24, 2.45) is 0 Å². The molecule has 8 nitrogen and oxygen atoms in total. The zero-order chi connectivity index (χ0) is 27.4. The van der Waals surface area contributed by atoms with Crippen LogP contribution in [0.25, 0.3) is 10.9 Å². The van der Waals surface area contributed by atoms with Gasteiger partial charge in [0.1, 0.15) is 5.75 Å². The number of hydrogen-bond donors (Lipinski definition) is 1. The number of fused-ring (bicyclic) bond motifs is 1. The van der Waals surface area contributed by atoms with Gasteiger partial charge in [-0.1, -0.05) is 31.2 Å². The Labute approximate surface area is 222 Å². The summed E-state index contributed by atoms with van der Waals surface area (Å²) in [6.45, 7) is 5.61. The summed E-state index contributed by atoms with van der Waals surface area (Å²) in [7, 11) is -2.54. The van der Waals surface area contributed by atoms with Crippen molar-refractivity contribution < 1.29 is 27.5 Å². The molecule has 0 spiro atoms. The zero-order valence-corrected chi connectivity index (χ0v) is 22.6. The number of ether oxygens (including phenoxy) is 2. The van der Waals surface area contributed by atoms with Gasteiger partial charge in [-0.25, -0.2) is 13.2 Å². The number of aromatic nitrogens is 1. The monoisotopic (exact) mass is 534 g/mol. The van der Waals surface area contributed by atoms with Gasteiger partial charge in [-0.2, -0.15) is 0 Å². The second-order valence-electron chi connectivity index (χ2n) is 8.77. The minimum atomic E-state index is -3.97. The van der Waals surface area contributed by atoms with E-state index in [0.29, 0.717) is 29.2 Å². The molecule has 0 unspecified atom stereocenters. The van der Waals surface area contributed by atoms with E-state index in [0.717, 1.165) is 27.2 Å². The molecule has 0 saturated carbocycles. The van der Waals surface area contributed by atoms with E-state index < -0.39 is 22.6 Å². The molecule has 0 aliphatic carbocycles. The first-order valence-corrected chi connectivity index (χ1v) is 13.7. The van der Waals surface area contributed by atoms with E-state index in [4.69, 9.17) is 9.47 Å². The molecule has 0 atom stereocenters. The van der Waals surface area contributed by atoms with Crippen LogP contribution in [0.1, 0.15) is 45.7 Å². The number of ketones is 1. The number of rotatable bonds is 10. The van der Waals surface area contributed by atoms with E-state index in [1.807, 2.05) is 32.0 Å². The Kier molecular flexibility index (Phi) is 7.87. The van der Waals surface area contributed by atoms with Gasteiger partial charge in [-0.15, -0.1) is 0 Å². The molecular weight excluding hydrogens is 504 g/mol. The topological polar surface area (TPSA) is 106 Å². The summed E-state index contributed by atoms with van der Waals surface area (Å²) in [6, 6.07) is 16.7. The molecule has 0 radical (unpaired) electrons. The van der Waals surface area contributed by atoms with Crippen molar-refractivity contribution >= 4 is 38.4 Å². The number of sulfonamides is 1. The molecule has 0 saturated heterocycles. The van der Waals surface area contributed by atoms with Gasteiger partial charge in [-0.3, -0.25) is 9.10 Å². The molecule has 0 amide bonds. The molecule has 0 aliphatic heterocycles. The number of anilines is 1. The number of esters is 1. The van der Waals surface area contributed by atoms with Crippen LogP contribution in [0.5, 0.6) is 5.75 Å². The molecule has 38 heavy (non-hydrogen) atoms. The van der Waals surface area contributed by atoms with E-state index in [-0.39, 0.29) is 16.2 Å². The number of hydrogen-bond acceptors (Lipinski definition) is 6. The smallest absolute Gasteiger partial charge is 0.338 e. The van der Waals surface area contributed by atoms with Crippen molar-refractivity contribution in [2.45, 2.75) is 32.1 Å². The van der Waals surface area contributed by atoms with Gasteiger partial charge >= 0.3 is 5.97 Å². The third kappa shape index (κ3) is 5.28. The number of H-pyrrole nitrogens is 1. The van der Waals surface area contributed by atoms with Crippen LogP contribution in [-0.2, 0) is 21.2 Å². The van der Waals surface area contributed by atoms with Crippen molar-refractivity contribution in [3.8, 4) is 5.75 Å². The van der Waals surface area contributed by atoms with Crippen molar-refractivity contribution in [3.63, 3.8) is 0 Å². The van der Waals surface area contributed by atoms with Crippen LogP contribution in [0.2, 0.25) is 0 Å². The maximum atomic E-state index is 13.3. The lowest BCUT2D eigenvalue weighted by Crippen LogP contribution is -2.27. The normalized spacial score (nSPS) is 11.4. The number of Topliss-reactive ketones (excluding diaryl/α,β-unsaturated/α-hetero) is 1. The van der Waals surface area contributed by atoms with E-state index in [1.54, 1.807) is 43.5 Å². The Hall–Kier alpha value is -4.11. The number of nitrogens with one attached hydrogen (secondary N) is 1. The summed E-state index contributed by atoms with van der Waals surface area (Å²) in [5, 5.41) is 0.770. The first-order chi connectivity index (χ1) is 18.2. The summed E-state index contributed by atoms with van der Waals surface area (Å²) >= 11 is 0. The summed E-state index contributed by atoms with van der Waals surface area (Å²) < 4.78 is 38.5. The third-order valence-electron chi connectivity index (χ3n) is 6.42. The number of nitrogens with zero attached hydrogens (tertiary/aromatic N) is 1. The van der Waals surface area contributed by atoms with Crippen LogP contribution in [0, 0.1) is 6.92 Å². The molecule has 0 fully saturated rings. The van der Waals surface area contributed by atoms with Crippen molar-refractivity contribution in [1.82, 2.24) is 4.98 Å². The number of carbonyl (C=O) groups excluding carboxylic acids is 2. The average Bonchev–Trinajstić information content (AvgIpc) is 3.36. The van der Waals surface area contributed by atoms with Gasteiger partial charge in [0.05, 0.1) is 22.8 Å². The highest BCUT2D eigenvalue weighted by molar-refractivity contribution is 7.92. The highest BCUT2D eigenvalue weighted by atomic mass is 32.2. The van der Waals surface area contributed by atoms with Crippen molar-refractivity contribution in [1.29, 1.82) is 0 Å². The maximum Gasteiger partial charge on any atom is 0.338 e. The largest absolute Gasteiger partial charge is 0.494 e. The van der Waals surface area contributed by atoms with Gasteiger partial charge in [-0.05, 0) is 67.8 Å². The second kappa shape index (κ2) is 11.1. The number of benzene rings is 3. The summed E-state index contributed by atoms with van der Waals surface area (Å²) in [6.07, 6.45) is 2.43. The first kappa shape index (κ1) is 26.9. The van der Waals surface area contributed by atoms with Gasteiger partial charge in [0.2, 0.25) is 5.78 Å². The lowest BCUT2D eigenvalue weighted by Gasteiger charge is -2.20. The van der Waals surface area contributed by atoms with E-state index in [2.05, 4.69) is 4.98 Å². The summed E-state index contributed by atoms with van der Waals surface area (Å²) in [4.78, 5) is 28.9. The molecular formula is C29H30N2O6S. The molecule has 4 rings (SSSR count). The Morgan fingerprint density at radius 3 is 2.39 bits per heavy atom. The molecule has 0 aliphatic rings. The minimum Gasteiger partial charge on any atom is -0.494 e. The summed E-state index contributed by atoms with van der Waals surface area (Å²) in [5.74, 6) is -0.490. The maximum absolute atomic E-state index is 13.3. The van der Waals surface area contributed by atoms with Gasteiger partial charge in [0.25, 0.3) is 10.0 Å². The van der Waals surface area contributed by atoms with Gasteiger partial charge in [0, 0.05) is 29.7 Å². The van der Waals surface area contributed by atoms with Crippen molar-refractivity contribution in [3.05, 3.63) is 89.1 Å². The zero-order valence-electron chi connectivity index (χ0n) is 21.8. The molecule has 0 bridgehead atoms. The molecule has 4 aromatic rings. The number of aryl methyl sites for hydroxylation is 2.